The predicted molar refractivity (Wildman–Crippen MR) is 49.4 cm³/mol. The zero-order valence-electron chi connectivity index (χ0n) is 7.61. The Morgan fingerprint density at radius 2 is 1.92 bits per heavy atom. The quantitative estimate of drug-likeness (QED) is 0.586. The molecule has 70 valence electrons. The molecule has 0 aliphatic heterocycles. The zero-order chi connectivity index (χ0) is 8.90. The lowest BCUT2D eigenvalue weighted by Gasteiger charge is -2.18. The highest BCUT2D eigenvalue weighted by Crippen LogP contribution is 2.83. The summed E-state index contributed by atoms with van der Waals surface area (Å²) in [4.78, 5) is 11.4. The summed E-state index contributed by atoms with van der Waals surface area (Å²) in [5.41, 5.74) is 0. The van der Waals surface area contributed by atoms with Gasteiger partial charge in [-0.3, -0.25) is 4.79 Å². The first-order valence-electron chi connectivity index (χ1n) is 5.36. The van der Waals surface area contributed by atoms with Crippen molar-refractivity contribution in [3.63, 3.8) is 0 Å². The van der Waals surface area contributed by atoms with Crippen molar-refractivity contribution in [1.29, 1.82) is 0 Å². The monoisotopic (exact) mass is 196 g/mol. The molecule has 0 amide bonds. The van der Waals surface area contributed by atoms with Gasteiger partial charge in [0.1, 0.15) is 5.78 Å². The Kier molecular flexibility index (Phi) is 1.03. The van der Waals surface area contributed by atoms with Gasteiger partial charge in [-0.2, -0.15) is 0 Å². The Morgan fingerprint density at radius 3 is 2.38 bits per heavy atom. The molecule has 5 aliphatic rings. The first-order chi connectivity index (χ1) is 6.22. The molecule has 5 saturated carbocycles. The third-order valence-corrected chi connectivity index (χ3v) is 5.90. The van der Waals surface area contributed by atoms with E-state index in [0.29, 0.717) is 23.0 Å². The van der Waals surface area contributed by atoms with Crippen LogP contribution in [0.2, 0.25) is 0 Å². The van der Waals surface area contributed by atoms with Gasteiger partial charge in [-0.25, -0.2) is 0 Å². The number of rotatable bonds is 1. The third kappa shape index (κ3) is 0.562. The lowest BCUT2D eigenvalue weighted by atomic mass is 9.86. The maximum Gasteiger partial charge on any atom is 0.133 e. The summed E-state index contributed by atoms with van der Waals surface area (Å²) in [5.74, 6) is 5.75. The van der Waals surface area contributed by atoms with Crippen molar-refractivity contribution < 1.29 is 4.79 Å². The van der Waals surface area contributed by atoms with Crippen LogP contribution in [0.1, 0.15) is 13.3 Å². The minimum absolute atomic E-state index is 0.394. The first kappa shape index (κ1) is 7.28. The van der Waals surface area contributed by atoms with Crippen molar-refractivity contribution in [1.82, 2.24) is 0 Å². The normalized spacial score (nSPS) is 70.3. The second kappa shape index (κ2) is 1.84. The number of ketones is 1. The Hall–Kier alpha value is -0.0400. The van der Waals surface area contributed by atoms with E-state index in [-0.39, 0.29) is 0 Å². The van der Waals surface area contributed by atoms with E-state index in [2.05, 4.69) is 0 Å². The fourth-order valence-corrected chi connectivity index (χ4v) is 5.83. The van der Waals surface area contributed by atoms with E-state index in [4.69, 9.17) is 11.6 Å². The SMILES string of the molecule is CC(=O)[C@H]1C[C@@H]2C3C4[C@@H]3[C@@H](Cl)[C@@H]2[C@H]41. The fraction of sp³-hybridized carbons (Fsp3) is 0.909. The molecule has 8 atom stereocenters. The van der Waals surface area contributed by atoms with Crippen LogP contribution in [0.15, 0.2) is 0 Å². The average Bonchev–Trinajstić information content (AvgIpc) is 2.36. The van der Waals surface area contributed by atoms with Gasteiger partial charge in [-0.05, 0) is 48.9 Å². The fourth-order valence-electron chi connectivity index (χ4n) is 5.14. The maximum absolute atomic E-state index is 11.4. The number of carbonyl (C=O) groups is 1. The van der Waals surface area contributed by atoms with E-state index in [1.165, 1.54) is 6.42 Å². The lowest BCUT2D eigenvalue weighted by Crippen LogP contribution is -2.21. The van der Waals surface area contributed by atoms with Gasteiger partial charge in [0.2, 0.25) is 0 Å². The summed E-state index contributed by atoms with van der Waals surface area (Å²) in [6, 6.07) is 0. The molecule has 6 bridgehead atoms. The Balaban J connectivity index is 1.78. The maximum atomic E-state index is 11.4. The van der Waals surface area contributed by atoms with Crippen LogP contribution in [-0.4, -0.2) is 11.2 Å². The number of alkyl halides is 1. The zero-order valence-corrected chi connectivity index (χ0v) is 8.37. The number of carbonyl (C=O) groups excluding carboxylic acids is 1. The third-order valence-electron chi connectivity index (χ3n) is 5.32. The number of hydrogen-bond donors (Lipinski definition) is 0. The van der Waals surface area contributed by atoms with Crippen LogP contribution in [0.4, 0.5) is 0 Å². The molecule has 0 spiro atoms. The highest BCUT2D eigenvalue weighted by atomic mass is 35.5. The topological polar surface area (TPSA) is 17.1 Å². The van der Waals surface area contributed by atoms with E-state index >= 15 is 0 Å². The Bertz CT molecular complexity index is 306. The van der Waals surface area contributed by atoms with Crippen LogP contribution >= 0.6 is 11.6 Å². The standard InChI is InChI=1S/C11H13ClO/c1-3(13)4-2-5-7-9-6(4)8(5)11(12)10(7)9/h4-11H,2H2,1H3/t4-,5-,6-,7?,8+,9?,10-,11+/m1/s1. The van der Waals surface area contributed by atoms with Gasteiger partial charge in [0, 0.05) is 11.3 Å². The minimum atomic E-state index is 0.394. The minimum Gasteiger partial charge on any atom is -0.300 e. The van der Waals surface area contributed by atoms with E-state index in [9.17, 15) is 4.79 Å². The Labute approximate surface area is 82.8 Å². The predicted octanol–water partition coefficient (Wildman–Crippen LogP) is 1.94. The van der Waals surface area contributed by atoms with Crippen molar-refractivity contribution >= 4 is 17.4 Å². The summed E-state index contributed by atoms with van der Waals surface area (Å²) in [7, 11) is 0. The summed E-state index contributed by atoms with van der Waals surface area (Å²) in [5, 5.41) is 0.439. The van der Waals surface area contributed by atoms with Gasteiger partial charge in [-0.15, -0.1) is 11.6 Å². The summed E-state index contributed by atoms with van der Waals surface area (Å²) in [6.07, 6.45) is 1.17. The van der Waals surface area contributed by atoms with Gasteiger partial charge in [0.05, 0.1) is 0 Å². The second-order valence-corrected chi connectivity index (χ2v) is 5.95. The highest BCUT2D eigenvalue weighted by molar-refractivity contribution is 6.22. The van der Waals surface area contributed by atoms with E-state index in [1.807, 2.05) is 0 Å². The molecule has 0 aromatic rings. The van der Waals surface area contributed by atoms with Crippen LogP contribution in [-0.2, 0) is 4.79 Å². The van der Waals surface area contributed by atoms with Crippen molar-refractivity contribution in [2.75, 3.05) is 0 Å². The van der Waals surface area contributed by atoms with Crippen molar-refractivity contribution in [2.24, 2.45) is 41.4 Å². The van der Waals surface area contributed by atoms with Gasteiger partial charge in [0.25, 0.3) is 0 Å². The molecular weight excluding hydrogens is 184 g/mol. The van der Waals surface area contributed by atoms with Gasteiger partial charge >= 0.3 is 0 Å². The van der Waals surface area contributed by atoms with Crippen LogP contribution in [0.25, 0.3) is 0 Å². The van der Waals surface area contributed by atoms with E-state index < -0.39 is 0 Å². The number of halogens is 1. The molecule has 2 unspecified atom stereocenters. The largest absolute Gasteiger partial charge is 0.300 e. The molecule has 5 fully saturated rings. The first-order valence-corrected chi connectivity index (χ1v) is 5.80. The molecule has 0 radical (unpaired) electrons. The molecule has 0 heterocycles. The number of hydrogen-bond acceptors (Lipinski definition) is 1. The average molecular weight is 197 g/mol. The Morgan fingerprint density at radius 1 is 1.15 bits per heavy atom. The van der Waals surface area contributed by atoms with E-state index in [0.717, 1.165) is 29.6 Å². The smallest absolute Gasteiger partial charge is 0.133 e. The molecular formula is C11H13ClO. The van der Waals surface area contributed by atoms with E-state index in [1.54, 1.807) is 6.92 Å². The second-order valence-electron chi connectivity index (χ2n) is 5.45. The van der Waals surface area contributed by atoms with Crippen molar-refractivity contribution in [3.05, 3.63) is 0 Å². The van der Waals surface area contributed by atoms with Crippen LogP contribution in [0, 0.1) is 41.4 Å². The molecule has 0 N–H and O–H groups in total. The lowest BCUT2D eigenvalue weighted by molar-refractivity contribution is -0.122. The van der Waals surface area contributed by atoms with Crippen molar-refractivity contribution in [3.8, 4) is 0 Å². The van der Waals surface area contributed by atoms with Crippen LogP contribution in [0.3, 0.4) is 0 Å². The molecule has 1 nitrogen and oxygen atoms in total. The van der Waals surface area contributed by atoms with Gasteiger partial charge < -0.3 is 0 Å². The molecule has 0 aromatic heterocycles. The highest BCUT2D eigenvalue weighted by Gasteiger charge is 2.81. The summed E-state index contributed by atoms with van der Waals surface area (Å²) in [6.45, 7) is 1.77. The molecule has 5 aliphatic carbocycles. The molecule has 2 heteroatoms. The molecule has 13 heavy (non-hydrogen) atoms. The van der Waals surface area contributed by atoms with Crippen LogP contribution in [0.5, 0.6) is 0 Å². The van der Waals surface area contributed by atoms with Gasteiger partial charge in [-0.1, -0.05) is 0 Å². The summed E-state index contributed by atoms with van der Waals surface area (Å²) >= 11 is 6.38. The van der Waals surface area contributed by atoms with Crippen molar-refractivity contribution in [2.45, 2.75) is 18.7 Å². The molecule has 5 rings (SSSR count). The summed E-state index contributed by atoms with van der Waals surface area (Å²) < 4.78 is 0. The van der Waals surface area contributed by atoms with Crippen LogP contribution < -0.4 is 0 Å². The van der Waals surface area contributed by atoms with Gasteiger partial charge in [0.15, 0.2) is 0 Å². The molecule has 0 saturated heterocycles. The number of Topliss-reactive ketones (excluding diaryl/α,β-unsaturated/α-hetero) is 1. The molecule has 0 aromatic carbocycles.